The third-order valence-corrected chi connectivity index (χ3v) is 3.18. The van der Waals surface area contributed by atoms with E-state index in [-0.39, 0.29) is 11.5 Å². The van der Waals surface area contributed by atoms with Crippen LogP contribution in [0.25, 0.3) is 0 Å². The van der Waals surface area contributed by atoms with Gasteiger partial charge in [0.25, 0.3) is 0 Å². The molecular weight excluding hydrogens is 255 g/mol. The molecule has 0 fully saturated rings. The SMILES string of the molecule is Cc1cc(F)cc(Nc2nc(C(=O)O)c(C)s2)c1. The van der Waals surface area contributed by atoms with Crippen LogP contribution >= 0.6 is 11.3 Å². The number of halogens is 1. The van der Waals surface area contributed by atoms with Gasteiger partial charge in [0.05, 0.1) is 0 Å². The van der Waals surface area contributed by atoms with Gasteiger partial charge in [0, 0.05) is 10.6 Å². The second-order valence-electron chi connectivity index (χ2n) is 3.87. The summed E-state index contributed by atoms with van der Waals surface area (Å²) in [6.45, 7) is 3.47. The maximum Gasteiger partial charge on any atom is 0.355 e. The Balaban J connectivity index is 2.28. The maximum absolute atomic E-state index is 13.2. The number of nitrogens with zero attached hydrogens (tertiary/aromatic N) is 1. The van der Waals surface area contributed by atoms with Crippen LogP contribution in [-0.4, -0.2) is 16.1 Å². The smallest absolute Gasteiger partial charge is 0.355 e. The Morgan fingerprint density at radius 1 is 1.39 bits per heavy atom. The zero-order chi connectivity index (χ0) is 13.3. The molecule has 0 aliphatic heterocycles. The molecule has 0 unspecified atom stereocenters. The summed E-state index contributed by atoms with van der Waals surface area (Å²) in [6, 6.07) is 4.52. The zero-order valence-electron chi connectivity index (χ0n) is 9.82. The number of hydrogen-bond donors (Lipinski definition) is 2. The molecule has 0 aliphatic carbocycles. The molecule has 0 saturated carbocycles. The Morgan fingerprint density at radius 3 is 2.67 bits per heavy atom. The summed E-state index contributed by atoms with van der Waals surface area (Å²) >= 11 is 1.22. The average Bonchev–Trinajstić information content (AvgIpc) is 2.57. The molecule has 0 bridgehead atoms. The molecule has 1 aromatic heterocycles. The molecule has 0 amide bonds. The van der Waals surface area contributed by atoms with Crippen LogP contribution in [0.2, 0.25) is 0 Å². The zero-order valence-corrected chi connectivity index (χ0v) is 10.6. The van der Waals surface area contributed by atoms with Crippen molar-refractivity contribution in [2.75, 3.05) is 5.32 Å². The van der Waals surface area contributed by atoms with Gasteiger partial charge in [-0.1, -0.05) is 0 Å². The monoisotopic (exact) mass is 266 g/mol. The van der Waals surface area contributed by atoms with Gasteiger partial charge < -0.3 is 10.4 Å². The first-order valence-electron chi connectivity index (χ1n) is 5.20. The van der Waals surface area contributed by atoms with Crippen molar-refractivity contribution >= 4 is 28.1 Å². The Kier molecular flexibility index (Phi) is 3.29. The first kappa shape index (κ1) is 12.5. The summed E-state index contributed by atoms with van der Waals surface area (Å²) < 4.78 is 13.2. The van der Waals surface area contributed by atoms with Crippen LogP contribution in [0.4, 0.5) is 15.2 Å². The van der Waals surface area contributed by atoms with Crippen molar-refractivity contribution in [3.05, 3.63) is 40.2 Å². The van der Waals surface area contributed by atoms with Crippen LogP contribution in [0.1, 0.15) is 20.9 Å². The molecule has 1 heterocycles. The fourth-order valence-electron chi connectivity index (χ4n) is 1.58. The molecular formula is C12H11FN2O2S. The summed E-state index contributed by atoms with van der Waals surface area (Å²) in [4.78, 5) is 15.4. The number of carboxylic acid groups (broad SMARTS) is 1. The van der Waals surface area contributed by atoms with Crippen molar-refractivity contribution in [1.29, 1.82) is 0 Å². The van der Waals surface area contributed by atoms with E-state index < -0.39 is 5.97 Å². The molecule has 94 valence electrons. The van der Waals surface area contributed by atoms with Crippen LogP contribution < -0.4 is 5.32 Å². The van der Waals surface area contributed by atoms with E-state index in [0.29, 0.717) is 15.7 Å². The standard InChI is InChI=1S/C12H11FN2O2S/c1-6-3-8(13)5-9(4-6)14-12-15-10(11(16)17)7(2)18-12/h3-5H,1-2H3,(H,14,15)(H,16,17). The van der Waals surface area contributed by atoms with Crippen molar-refractivity contribution in [2.45, 2.75) is 13.8 Å². The van der Waals surface area contributed by atoms with Gasteiger partial charge in [-0.2, -0.15) is 0 Å². The highest BCUT2D eigenvalue weighted by atomic mass is 32.1. The van der Waals surface area contributed by atoms with Crippen LogP contribution in [0, 0.1) is 19.7 Å². The molecule has 1 aromatic carbocycles. The van der Waals surface area contributed by atoms with Crippen molar-refractivity contribution in [2.24, 2.45) is 0 Å². The number of benzene rings is 1. The van der Waals surface area contributed by atoms with Crippen molar-refractivity contribution in [3.8, 4) is 0 Å². The number of carbonyl (C=O) groups is 1. The quantitative estimate of drug-likeness (QED) is 0.894. The normalized spacial score (nSPS) is 10.4. The Bertz CT molecular complexity index is 590. The first-order valence-corrected chi connectivity index (χ1v) is 6.02. The van der Waals surface area contributed by atoms with Crippen LogP contribution in [0.15, 0.2) is 18.2 Å². The third kappa shape index (κ3) is 2.65. The van der Waals surface area contributed by atoms with Crippen LogP contribution in [0.3, 0.4) is 0 Å². The van der Waals surface area contributed by atoms with Gasteiger partial charge in [-0.25, -0.2) is 14.2 Å². The molecule has 0 radical (unpaired) electrons. The Hall–Kier alpha value is -1.95. The van der Waals surface area contributed by atoms with E-state index >= 15 is 0 Å². The molecule has 0 atom stereocenters. The molecule has 2 rings (SSSR count). The summed E-state index contributed by atoms with van der Waals surface area (Å²) in [7, 11) is 0. The Morgan fingerprint density at radius 2 is 2.11 bits per heavy atom. The van der Waals surface area contributed by atoms with Gasteiger partial charge in [-0.05, 0) is 37.6 Å². The van der Waals surface area contributed by atoms with E-state index in [1.165, 1.54) is 23.5 Å². The second-order valence-corrected chi connectivity index (χ2v) is 5.07. The lowest BCUT2D eigenvalue weighted by atomic mass is 10.2. The van der Waals surface area contributed by atoms with Crippen molar-refractivity contribution in [1.82, 2.24) is 4.98 Å². The first-order chi connectivity index (χ1) is 8.45. The number of aromatic carboxylic acids is 1. The van der Waals surface area contributed by atoms with Crippen molar-refractivity contribution < 1.29 is 14.3 Å². The van der Waals surface area contributed by atoms with Gasteiger partial charge in [0.15, 0.2) is 10.8 Å². The van der Waals surface area contributed by atoms with E-state index in [0.717, 1.165) is 5.56 Å². The third-order valence-electron chi connectivity index (χ3n) is 2.29. The average molecular weight is 266 g/mol. The molecule has 2 aromatic rings. The minimum Gasteiger partial charge on any atom is -0.476 e. The van der Waals surface area contributed by atoms with Crippen LogP contribution in [0.5, 0.6) is 0 Å². The topological polar surface area (TPSA) is 62.2 Å². The molecule has 4 nitrogen and oxygen atoms in total. The van der Waals surface area contributed by atoms with Crippen molar-refractivity contribution in [3.63, 3.8) is 0 Å². The molecule has 0 aliphatic rings. The number of hydrogen-bond acceptors (Lipinski definition) is 4. The highest BCUT2D eigenvalue weighted by molar-refractivity contribution is 7.15. The molecule has 0 spiro atoms. The summed E-state index contributed by atoms with van der Waals surface area (Å²) in [5.74, 6) is -1.41. The summed E-state index contributed by atoms with van der Waals surface area (Å²) in [6.07, 6.45) is 0. The van der Waals surface area contributed by atoms with Gasteiger partial charge in [-0.15, -0.1) is 11.3 Å². The number of nitrogens with one attached hydrogen (secondary N) is 1. The van der Waals surface area contributed by atoms with E-state index in [1.54, 1.807) is 19.9 Å². The minimum atomic E-state index is -1.06. The van der Waals surface area contributed by atoms with E-state index in [4.69, 9.17) is 5.11 Å². The molecule has 0 saturated heterocycles. The number of rotatable bonds is 3. The van der Waals surface area contributed by atoms with Crippen LogP contribution in [-0.2, 0) is 0 Å². The predicted molar refractivity (Wildman–Crippen MR) is 68.2 cm³/mol. The van der Waals surface area contributed by atoms with Gasteiger partial charge in [0.2, 0.25) is 0 Å². The number of aryl methyl sites for hydroxylation is 2. The number of anilines is 2. The lowest BCUT2D eigenvalue weighted by Crippen LogP contribution is -1.99. The van der Waals surface area contributed by atoms with E-state index in [9.17, 15) is 9.18 Å². The lowest BCUT2D eigenvalue weighted by Gasteiger charge is -2.03. The fourth-order valence-corrected chi connectivity index (χ4v) is 2.41. The summed E-state index contributed by atoms with van der Waals surface area (Å²) in [5, 5.41) is 12.2. The number of carboxylic acids is 1. The van der Waals surface area contributed by atoms with Gasteiger partial charge >= 0.3 is 5.97 Å². The van der Waals surface area contributed by atoms with E-state index in [1.807, 2.05) is 0 Å². The highest BCUT2D eigenvalue weighted by Gasteiger charge is 2.14. The van der Waals surface area contributed by atoms with Gasteiger partial charge in [-0.3, -0.25) is 0 Å². The highest BCUT2D eigenvalue weighted by Crippen LogP contribution is 2.26. The number of aromatic nitrogens is 1. The maximum atomic E-state index is 13.2. The fraction of sp³-hybridized carbons (Fsp3) is 0.167. The number of thiazole rings is 1. The van der Waals surface area contributed by atoms with E-state index in [2.05, 4.69) is 10.3 Å². The largest absolute Gasteiger partial charge is 0.476 e. The predicted octanol–water partition coefficient (Wildman–Crippen LogP) is 3.34. The van der Waals surface area contributed by atoms with Gasteiger partial charge in [0.1, 0.15) is 5.82 Å². The molecule has 6 heteroatoms. The molecule has 2 N–H and O–H groups in total. The summed E-state index contributed by atoms with van der Waals surface area (Å²) in [5.41, 5.74) is 1.36. The second kappa shape index (κ2) is 4.73. The molecule has 18 heavy (non-hydrogen) atoms. The minimum absolute atomic E-state index is 0.0237. The lowest BCUT2D eigenvalue weighted by molar-refractivity contribution is 0.0690. The Labute approximate surface area is 107 Å².